The summed E-state index contributed by atoms with van der Waals surface area (Å²) in [6, 6.07) is 5.49. The highest BCUT2D eigenvalue weighted by molar-refractivity contribution is 5.56. The van der Waals surface area contributed by atoms with Crippen LogP contribution in [-0.4, -0.2) is 12.6 Å². The van der Waals surface area contributed by atoms with Crippen molar-refractivity contribution in [3.8, 4) is 0 Å². The molecule has 2 N–H and O–H groups in total. The number of hydrogen-bond acceptors (Lipinski definition) is 2. The molecule has 1 aliphatic carbocycles. The molecule has 0 heterocycles. The standard InChI is InChI=1S/C15H23FN2/c1-10(2)9-18(13-5-6-13)15-7-4-12(16)8-14(15)11(3)17/h4,7-8,10-11,13H,5-6,9,17H2,1-3H3/t11-/m1/s1. The van der Waals surface area contributed by atoms with Gasteiger partial charge in [-0.3, -0.25) is 0 Å². The molecule has 1 aliphatic rings. The predicted molar refractivity (Wildman–Crippen MR) is 74.2 cm³/mol. The van der Waals surface area contributed by atoms with Crippen LogP contribution in [0.2, 0.25) is 0 Å². The third-order valence-electron chi connectivity index (χ3n) is 3.34. The summed E-state index contributed by atoms with van der Waals surface area (Å²) in [5, 5.41) is 0. The summed E-state index contributed by atoms with van der Waals surface area (Å²) in [5.74, 6) is 0.392. The Bertz CT molecular complexity index is 411. The first-order valence-corrected chi connectivity index (χ1v) is 6.80. The molecule has 100 valence electrons. The van der Waals surface area contributed by atoms with Gasteiger partial charge in [-0.25, -0.2) is 4.39 Å². The van der Waals surface area contributed by atoms with Crippen LogP contribution in [0.15, 0.2) is 18.2 Å². The second-order valence-electron chi connectivity index (χ2n) is 5.77. The lowest BCUT2D eigenvalue weighted by molar-refractivity contribution is 0.598. The zero-order chi connectivity index (χ0) is 13.3. The second kappa shape index (κ2) is 5.27. The fraction of sp³-hybridized carbons (Fsp3) is 0.600. The number of nitrogens with two attached hydrogens (primary N) is 1. The molecule has 1 aromatic carbocycles. The summed E-state index contributed by atoms with van der Waals surface area (Å²) in [6.45, 7) is 7.35. The van der Waals surface area contributed by atoms with E-state index in [1.807, 2.05) is 13.0 Å². The minimum Gasteiger partial charge on any atom is -0.368 e. The summed E-state index contributed by atoms with van der Waals surface area (Å²) in [5.41, 5.74) is 8.01. The average molecular weight is 250 g/mol. The van der Waals surface area contributed by atoms with E-state index in [1.54, 1.807) is 6.07 Å². The van der Waals surface area contributed by atoms with Gasteiger partial charge >= 0.3 is 0 Å². The molecule has 1 aromatic rings. The van der Waals surface area contributed by atoms with Crippen LogP contribution in [-0.2, 0) is 0 Å². The molecule has 0 amide bonds. The van der Waals surface area contributed by atoms with Crippen molar-refractivity contribution in [2.24, 2.45) is 11.7 Å². The van der Waals surface area contributed by atoms with Gasteiger partial charge in [0.05, 0.1) is 0 Å². The van der Waals surface area contributed by atoms with E-state index in [0.29, 0.717) is 12.0 Å². The van der Waals surface area contributed by atoms with Crippen LogP contribution in [0.5, 0.6) is 0 Å². The Labute approximate surface area is 109 Å². The SMILES string of the molecule is CC(C)CN(c1ccc(F)cc1[C@@H](C)N)C1CC1. The Morgan fingerprint density at radius 2 is 2.00 bits per heavy atom. The second-order valence-corrected chi connectivity index (χ2v) is 5.77. The molecule has 2 nitrogen and oxygen atoms in total. The normalized spacial score (nSPS) is 17.0. The molecule has 0 bridgehead atoms. The number of anilines is 1. The number of benzene rings is 1. The molecule has 1 atom stereocenters. The topological polar surface area (TPSA) is 29.3 Å². The number of halogens is 1. The maximum absolute atomic E-state index is 13.4. The lowest BCUT2D eigenvalue weighted by Gasteiger charge is -2.30. The molecule has 0 aliphatic heterocycles. The lowest BCUT2D eigenvalue weighted by atomic mass is 10.0. The van der Waals surface area contributed by atoms with Crippen molar-refractivity contribution in [3.63, 3.8) is 0 Å². The molecule has 0 unspecified atom stereocenters. The Morgan fingerprint density at radius 1 is 1.33 bits per heavy atom. The van der Waals surface area contributed by atoms with Gasteiger partial charge in [-0.15, -0.1) is 0 Å². The van der Waals surface area contributed by atoms with Crippen LogP contribution in [0.3, 0.4) is 0 Å². The van der Waals surface area contributed by atoms with Crippen LogP contribution >= 0.6 is 0 Å². The van der Waals surface area contributed by atoms with Gasteiger partial charge in [0.2, 0.25) is 0 Å². The van der Waals surface area contributed by atoms with Crippen molar-refractivity contribution in [1.82, 2.24) is 0 Å². The van der Waals surface area contributed by atoms with Gasteiger partial charge in [0.15, 0.2) is 0 Å². The van der Waals surface area contributed by atoms with Gasteiger partial charge in [0.1, 0.15) is 5.82 Å². The van der Waals surface area contributed by atoms with E-state index in [1.165, 1.54) is 18.9 Å². The molecule has 0 saturated heterocycles. The molecule has 2 rings (SSSR count). The summed E-state index contributed by atoms with van der Waals surface area (Å²) in [6.07, 6.45) is 2.48. The molecule has 18 heavy (non-hydrogen) atoms. The Kier molecular flexibility index (Phi) is 3.91. The highest BCUT2D eigenvalue weighted by atomic mass is 19.1. The van der Waals surface area contributed by atoms with Crippen LogP contribution < -0.4 is 10.6 Å². The molecular formula is C15H23FN2. The Morgan fingerprint density at radius 3 is 2.50 bits per heavy atom. The largest absolute Gasteiger partial charge is 0.368 e. The van der Waals surface area contributed by atoms with Gasteiger partial charge in [0.25, 0.3) is 0 Å². The Balaban J connectivity index is 2.34. The number of nitrogens with zero attached hydrogens (tertiary/aromatic N) is 1. The third kappa shape index (κ3) is 3.02. The maximum Gasteiger partial charge on any atom is 0.123 e. The van der Waals surface area contributed by atoms with Crippen molar-refractivity contribution in [2.45, 2.75) is 45.7 Å². The first kappa shape index (κ1) is 13.3. The van der Waals surface area contributed by atoms with Gasteiger partial charge in [-0.2, -0.15) is 0 Å². The summed E-state index contributed by atoms with van der Waals surface area (Å²) in [7, 11) is 0. The summed E-state index contributed by atoms with van der Waals surface area (Å²) in [4.78, 5) is 2.41. The fourth-order valence-electron chi connectivity index (χ4n) is 2.38. The number of rotatable bonds is 5. The highest BCUT2D eigenvalue weighted by Gasteiger charge is 2.31. The minimum atomic E-state index is -0.202. The first-order valence-electron chi connectivity index (χ1n) is 6.80. The van der Waals surface area contributed by atoms with Crippen LogP contribution in [0.4, 0.5) is 10.1 Å². The third-order valence-corrected chi connectivity index (χ3v) is 3.34. The fourth-order valence-corrected chi connectivity index (χ4v) is 2.38. The van der Waals surface area contributed by atoms with E-state index in [-0.39, 0.29) is 11.9 Å². The molecule has 0 radical (unpaired) electrons. The highest BCUT2D eigenvalue weighted by Crippen LogP contribution is 2.36. The van der Waals surface area contributed by atoms with Crippen molar-refractivity contribution >= 4 is 5.69 Å². The zero-order valence-electron chi connectivity index (χ0n) is 11.5. The molecule has 0 spiro atoms. The minimum absolute atomic E-state index is 0.135. The van der Waals surface area contributed by atoms with Gasteiger partial charge < -0.3 is 10.6 Å². The molecule has 3 heteroatoms. The van der Waals surface area contributed by atoms with Gasteiger partial charge in [0, 0.05) is 24.3 Å². The van der Waals surface area contributed by atoms with Crippen LogP contribution in [0.1, 0.15) is 45.2 Å². The maximum atomic E-state index is 13.4. The van der Waals surface area contributed by atoms with Crippen LogP contribution in [0, 0.1) is 11.7 Å². The van der Waals surface area contributed by atoms with E-state index in [0.717, 1.165) is 17.8 Å². The van der Waals surface area contributed by atoms with E-state index in [9.17, 15) is 4.39 Å². The molecular weight excluding hydrogens is 227 g/mol. The van der Waals surface area contributed by atoms with Crippen molar-refractivity contribution in [2.75, 3.05) is 11.4 Å². The van der Waals surface area contributed by atoms with Crippen LogP contribution in [0.25, 0.3) is 0 Å². The monoisotopic (exact) mass is 250 g/mol. The number of hydrogen-bond donors (Lipinski definition) is 1. The smallest absolute Gasteiger partial charge is 0.123 e. The lowest BCUT2D eigenvalue weighted by Crippen LogP contribution is -2.31. The van der Waals surface area contributed by atoms with Gasteiger partial charge in [-0.1, -0.05) is 13.8 Å². The quantitative estimate of drug-likeness (QED) is 0.867. The molecule has 0 aromatic heterocycles. The van der Waals surface area contributed by atoms with E-state index in [4.69, 9.17) is 5.73 Å². The van der Waals surface area contributed by atoms with Crippen molar-refractivity contribution < 1.29 is 4.39 Å². The van der Waals surface area contributed by atoms with E-state index < -0.39 is 0 Å². The summed E-state index contributed by atoms with van der Waals surface area (Å²) >= 11 is 0. The van der Waals surface area contributed by atoms with Crippen molar-refractivity contribution in [3.05, 3.63) is 29.6 Å². The Hall–Kier alpha value is -1.09. The molecule has 1 saturated carbocycles. The predicted octanol–water partition coefficient (Wildman–Crippen LogP) is 3.47. The van der Waals surface area contributed by atoms with E-state index in [2.05, 4.69) is 18.7 Å². The van der Waals surface area contributed by atoms with E-state index >= 15 is 0 Å². The molecule has 1 fully saturated rings. The average Bonchev–Trinajstić information content (AvgIpc) is 3.09. The summed E-state index contributed by atoms with van der Waals surface area (Å²) < 4.78 is 13.4. The van der Waals surface area contributed by atoms with Gasteiger partial charge in [-0.05, 0) is 49.4 Å². The van der Waals surface area contributed by atoms with Crippen molar-refractivity contribution in [1.29, 1.82) is 0 Å². The zero-order valence-corrected chi connectivity index (χ0v) is 11.5. The first-order chi connectivity index (χ1) is 8.49.